The van der Waals surface area contributed by atoms with E-state index in [9.17, 15) is 58.2 Å². The number of thioether (sulfide) groups is 1. The Balaban J connectivity index is 1.19. The summed E-state index contributed by atoms with van der Waals surface area (Å²) in [5.41, 5.74) is 32.7. The molecule has 3 aliphatic heterocycles. The molecule has 16 amide bonds. The number of likely N-dealkylation sites (N-methyl/N-ethyl adjacent to an activating group) is 3. The zero-order chi connectivity index (χ0) is 96.6. The summed E-state index contributed by atoms with van der Waals surface area (Å²) < 4.78 is 5.33. The summed E-state index contributed by atoms with van der Waals surface area (Å²) in [6.07, 6.45) is 1.98. The van der Waals surface area contributed by atoms with Gasteiger partial charge in [-0.3, -0.25) is 81.5 Å². The molecule has 0 spiro atoms. The lowest BCUT2D eigenvalue weighted by atomic mass is 9.99. The Hall–Kier alpha value is -12.3. The third kappa shape index (κ3) is 29.1. The summed E-state index contributed by atoms with van der Waals surface area (Å²) in [5.74, 6) is -16.6. The minimum Gasteiger partial charge on any atom is -0.497 e. The Morgan fingerprint density at radius 3 is 1.63 bits per heavy atom. The minimum atomic E-state index is -1.88. The van der Waals surface area contributed by atoms with Crippen LogP contribution in [0.3, 0.4) is 0 Å². The number of ether oxygens (including phenoxy) is 1. The van der Waals surface area contributed by atoms with Crippen molar-refractivity contribution < 1.29 is 96.5 Å². The Kier molecular flexibility index (Phi) is 41.0. The summed E-state index contributed by atoms with van der Waals surface area (Å²) in [5, 5.41) is 49.5. The average Bonchev–Trinajstić information content (AvgIpc) is 1.60. The Labute approximate surface area is 769 Å². The quantitative estimate of drug-likeness (QED) is 0.0220. The molecule has 0 saturated carbocycles. The number of unbranched alkanes of at least 4 members (excludes halogenated alkanes) is 3. The van der Waals surface area contributed by atoms with Crippen molar-refractivity contribution >= 4 is 134 Å². The number of methoxy groups -OCH3 is 1. The Bertz CT molecular complexity index is 4860. The van der Waals surface area contributed by atoms with Crippen molar-refractivity contribution in [2.24, 2.45) is 28.7 Å². The number of rotatable bonds is 28. The van der Waals surface area contributed by atoms with E-state index in [1.54, 1.807) is 85.2 Å². The summed E-state index contributed by atoms with van der Waals surface area (Å²) in [6, 6.07) is -0.615. The van der Waals surface area contributed by atoms with Crippen LogP contribution in [0.5, 0.6) is 5.75 Å². The molecular weight excluding hydrogens is 1730 g/mol. The topological polar surface area (TPSA) is 638 Å². The van der Waals surface area contributed by atoms with E-state index in [4.69, 9.17) is 33.4 Å². The van der Waals surface area contributed by atoms with E-state index in [0.29, 0.717) is 76.3 Å². The largest absolute Gasteiger partial charge is 0.497 e. The van der Waals surface area contributed by atoms with Gasteiger partial charge in [0.15, 0.2) is 0 Å². The number of amides is 16. The maximum absolute atomic E-state index is 15.8. The summed E-state index contributed by atoms with van der Waals surface area (Å²) in [6.45, 7) is 3.02. The number of para-hydroxylation sites is 2. The number of hydrogen-bond acceptors (Lipinski definition) is 24. The normalized spacial score (nSPS) is 25.1. The van der Waals surface area contributed by atoms with E-state index in [1.165, 1.54) is 45.0 Å². The van der Waals surface area contributed by atoms with Gasteiger partial charge in [0.25, 0.3) is 0 Å². The SMILES string of the molecule is CCCC[C@H]1C(=O)N(C)[C@@H](CCCC)C(=O)N[C@@H](CCCN)C(=O)N[C@H](C(=O)NCC(N)=O)CSCC(=O)N[C@@H](Cc2ccc(OC)cc2)C(=O)N(C)[C@@H](C)C(=O)N[C@H](CC(=O)O)C(=O)N2CCC[C@H]2C(=O)N[C@@H](CN)C(=O)N[C@@H](CCCCN)C(=O)N2C[C@H](O)C[C@H]2C(=O)N[C@@H](Cc2c[nH]c3ccccc23)C(=O)N[C@@H](CCN)C(=O)N[C@@H](Cc2c[nH]c3ccccc23)C(=O)N1C. The third-order valence-corrected chi connectivity index (χ3v) is 25.0. The fraction of sp³-hybridized carbons (Fsp3) is 0.562. The molecule has 5 heterocycles. The van der Waals surface area contributed by atoms with E-state index < -0.39 is 229 Å². The van der Waals surface area contributed by atoms with Gasteiger partial charge in [0, 0.05) is 106 Å². The van der Waals surface area contributed by atoms with Gasteiger partial charge < -0.3 is 131 Å². The van der Waals surface area contributed by atoms with Gasteiger partial charge in [0.05, 0.1) is 31.9 Å². The fourth-order valence-corrected chi connectivity index (χ4v) is 17.2. The minimum absolute atomic E-state index is 0.0107. The molecule has 0 aliphatic carbocycles. The number of carbonyl (C=O) groups excluding carboxylic acids is 16. The number of nitrogens with two attached hydrogens (primary N) is 5. The number of aliphatic hydroxyl groups excluding tert-OH is 1. The van der Waals surface area contributed by atoms with Gasteiger partial charge in [0.2, 0.25) is 94.5 Å². The second kappa shape index (κ2) is 51.5. The molecule has 0 unspecified atom stereocenters. The highest BCUT2D eigenvalue weighted by atomic mass is 32.2. The number of aromatic amines is 2. The number of carbonyl (C=O) groups is 17. The highest BCUT2D eigenvalue weighted by Gasteiger charge is 2.47. The smallest absolute Gasteiger partial charge is 0.305 e. The first-order valence-electron chi connectivity index (χ1n) is 44.8. The monoisotopic (exact) mass is 1860 g/mol. The van der Waals surface area contributed by atoms with Gasteiger partial charge in [-0.05, 0) is 132 Å². The Morgan fingerprint density at radius 2 is 1.02 bits per heavy atom. The molecule has 24 N–H and O–H groups in total. The van der Waals surface area contributed by atoms with E-state index >= 15 is 33.6 Å². The van der Waals surface area contributed by atoms with E-state index in [-0.39, 0.29) is 110 Å². The molecule has 8 rings (SSSR count). The van der Waals surface area contributed by atoms with Crippen LogP contribution in [0.4, 0.5) is 0 Å². The van der Waals surface area contributed by atoms with Crippen molar-refractivity contribution in [1.82, 2.24) is 87.6 Å². The first kappa shape index (κ1) is 105. The van der Waals surface area contributed by atoms with Crippen LogP contribution in [0, 0.1) is 0 Å². The molecule has 2 aromatic heterocycles. The van der Waals surface area contributed by atoms with Crippen molar-refractivity contribution in [3.63, 3.8) is 0 Å². The van der Waals surface area contributed by atoms with Gasteiger partial charge in [0.1, 0.15) is 90.3 Å². The predicted octanol–water partition coefficient (Wildman–Crippen LogP) is -3.12. The van der Waals surface area contributed by atoms with Gasteiger partial charge in [-0.1, -0.05) is 88.1 Å². The van der Waals surface area contributed by atoms with Crippen LogP contribution in [0.2, 0.25) is 0 Å². The maximum atomic E-state index is 15.8. The first-order valence-corrected chi connectivity index (χ1v) is 46.0. The van der Waals surface area contributed by atoms with Crippen molar-refractivity contribution in [2.75, 3.05) is 85.6 Å². The molecule has 3 aromatic carbocycles. The number of carboxylic acids is 1. The van der Waals surface area contributed by atoms with Crippen LogP contribution in [0.1, 0.15) is 140 Å². The summed E-state index contributed by atoms with van der Waals surface area (Å²) >= 11 is 0.793. The molecule has 0 bridgehead atoms. The lowest BCUT2D eigenvalue weighted by Crippen LogP contribution is -2.61. The number of H-pyrrole nitrogens is 2. The lowest BCUT2D eigenvalue weighted by Gasteiger charge is -2.36. The third-order valence-electron chi connectivity index (χ3n) is 24.0. The number of aliphatic hydroxyl groups is 1. The number of nitrogens with one attached hydrogen (secondary N) is 12. The Morgan fingerprint density at radius 1 is 0.508 bits per heavy atom. The molecule has 15 atom stereocenters. The highest BCUT2D eigenvalue weighted by Crippen LogP contribution is 2.28. The maximum Gasteiger partial charge on any atom is 0.305 e. The summed E-state index contributed by atoms with van der Waals surface area (Å²) in [4.78, 5) is 261. The van der Waals surface area contributed by atoms with Crippen LogP contribution in [0.15, 0.2) is 85.2 Å². The van der Waals surface area contributed by atoms with Crippen molar-refractivity contribution in [1.29, 1.82) is 0 Å². The number of aromatic nitrogens is 2. The van der Waals surface area contributed by atoms with Crippen LogP contribution >= 0.6 is 11.8 Å². The predicted molar refractivity (Wildman–Crippen MR) is 489 cm³/mol. The number of hydrogen-bond donors (Lipinski definition) is 19. The second-order valence-electron chi connectivity index (χ2n) is 33.5. The van der Waals surface area contributed by atoms with Gasteiger partial charge >= 0.3 is 5.97 Å². The standard InChI is InChI=1S/C89H130N22O20S/c1-8-10-26-69-82(123)100-60(25-18-35-91)78(119)106-68(77(118)97-46-73(94)113)48-132-49-74(114)98-64(38-51-29-31-55(131-7)32-30-51)85(126)107(4)50(3)76(117)103-66(42-75(115)116)88(129)110-37-19-28-70(110)83(124)105-67(43-93)81(122)101-62(24-16-17-34-90)87(128)111-47-54(112)41-72(111)84(125)102-63(39-52-44-95-58-22-14-12-20-56(52)58)80(121)99-61(33-36-92)79(120)104-65(40-53-45-96-59-23-15-13-21-57(53)59)86(127)109(6)71(27-11-9-2)89(130)108(69)5/h12-15,20-23,29-32,44-45,50,54,60-72,95-96,112H,8-11,16-19,24-28,33-43,46-49,90-93H2,1-7H3,(H2,94,113)(H,97,118)(H,98,114)(H,99,121)(H,100,123)(H,101,122)(H,102,125)(H,103,117)(H,104,120)(H,105,124)(H,106,119)(H,115,116)/t50-,54+,60-,61-,62-,63-,64-,65-,66+,67-,68-,69-,70-,71-,72-/m0/s1. The van der Waals surface area contributed by atoms with Gasteiger partial charge in [-0.25, -0.2) is 0 Å². The van der Waals surface area contributed by atoms with Crippen LogP contribution < -0.4 is 86.6 Å². The van der Waals surface area contributed by atoms with Crippen LogP contribution in [-0.4, -0.2) is 321 Å². The van der Waals surface area contributed by atoms with Crippen molar-refractivity contribution in [3.8, 4) is 5.75 Å². The number of primary amides is 1. The van der Waals surface area contributed by atoms with Gasteiger partial charge in [-0.2, -0.15) is 0 Å². The zero-order valence-corrected chi connectivity index (χ0v) is 76.6. The lowest BCUT2D eigenvalue weighted by molar-refractivity contribution is -0.149. The average molecular weight is 1860 g/mol. The molecular formula is C89H130N22O20S. The molecule has 42 nitrogen and oxygen atoms in total. The molecule has 5 aromatic rings. The van der Waals surface area contributed by atoms with Crippen molar-refractivity contribution in [2.45, 2.75) is 233 Å². The molecule has 0 radical (unpaired) electrons. The zero-order valence-electron chi connectivity index (χ0n) is 75.8. The summed E-state index contributed by atoms with van der Waals surface area (Å²) in [7, 11) is 5.42. The fourth-order valence-electron chi connectivity index (χ4n) is 16.4. The number of benzene rings is 3. The molecule has 132 heavy (non-hydrogen) atoms. The number of aliphatic carboxylic acids is 1. The van der Waals surface area contributed by atoms with Crippen LogP contribution in [0.25, 0.3) is 21.8 Å². The highest BCUT2D eigenvalue weighted by molar-refractivity contribution is 8.00. The molecule has 3 saturated heterocycles. The van der Waals surface area contributed by atoms with Gasteiger partial charge in [-0.15, -0.1) is 11.8 Å². The number of fused-ring (bicyclic) bond motifs is 4. The molecule has 3 fully saturated rings. The van der Waals surface area contributed by atoms with E-state index in [0.717, 1.165) is 26.5 Å². The van der Waals surface area contributed by atoms with E-state index in [1.807, 2.05) is 13.8 Å². The van der Waals surface area contributed by atoms with E-state index in [2.05, 4.69) is 63.1 Å². The first-order chi connectivity index (χ1) is 63.1. The second-order valence-corrected chi connectivity index (χ2v) is 34.6. The number of carboxylic acid groups (broad SMARTS) is 1. The molecule has 3 aliphatic rings. The molecule has 43 heteroatoms. The molecule has 722 valence electrons. The number of nitrogens with zero attached hydrogens (tertiary/aromatic N) is 5. The van der Waals surface area contributed by atoms with Crippen molar-refractivity contribution in [3.05, 3.63) is 102 Å². The van der Waals surface area contributed by atoms with Crippen LogP contribution in [-0.2, 0) is 101 Å².